The molecule has 128 valence electrons. The number of anilines is 2. The van der Waals surface area contributed by atoms with Crippen molar-refractivity contribution in [2.24, 2.45) is 0 Å². The summed E-state index contributed by atoms with van der Waals surface area (Å²) in [5, 5.41) is 4.14. The number of nitrogens with one attached hydrogen (secondary N) is 1. The standard InChI is InChI=1S/C17H23N5OS/c1-5-16(23)22-7-6-13(9-22)14-8-15(20-12(4)19-14)21-17-18-10(2)11(3)24-17/h8,13H,5-7,9H2,1-4H3,(H,18,19,20,21)/t13-/m1/s1. The lowest BCUT2D eigenvalue weighted by molar-refractivity contribution is -0.129. The molecular formula is C17H23N5OS. The second-order valence-corrected chi connectivity index (χ2v) is 7.39. The predicted molar refractivity (Wildman–Crippen MR) is 95.9 cm³/mol. The number of rotatable bonds is 4. The Morgan fingerprint density at radius 2 is 2.12 bits per heavy atom. The van der Waals surface area contributed by atoms with E-state index in [9.17, 15) is 4.79 Å². The van der Waals surface area contributed by atoms with Crippen LogP contribution >= 0.6 is 11.3 Å². The van der Waals surface area contributed by atoms with Gasteiger partial charge >= 0.3 is 0 Å². The SMILES string of the molecule is CCC(=O)N1CC[C@@H](c2cc(Nc3nc(C)c(C)s3)nc(C)n2)C1. The summed E-state index contributed by atoms with van der Waals surface area (Å²) >= 11 is 1.62. The fraction of sp³-hybridized carbons (Fsp3) is 0.529. The van der Waals surface area contributed by atoms with Gasteiger partial charge < -0.3 is 10.2 Å². The number of nitrogens with zero attached hydrogens (tertiary/aromatic N) is 4. The normalized spacial score (nSPS) is 17.3. The van der Waals surface area contributed by atoms with Crippen molar-refractivity contribution in [2.45, 2.75) is 46.5 Å². The molecule has 24 heavy (non-hydrogen) atoms. The Hall–Kier alpha value is -2.02. The summed E-state index contributed by atoms with van der Waals surface area (Å²) in [5.41, 5.74) is 2.04. The van der Waals surface area contributed by atoms with Gasteiger partial charge in [-0.05, 0) is 27.2 Å². The van der Waals surface area contributed by atoms with Crippen molar-refractivity contribution in [3.8, 4) is 0 Å². The molecule has 0 aromatic carbocycles. The lowest BCUT2D eigenvalue weighted by Gasteiger charge is -2.16. The summed E-state index contributed by atoms with van der Waals surface area (Å²) in [6.07, 6.45) is 1.52. The third-order valence-corrected chi connectivity index (χ3v) is 5.37. The molecule has 3 heterocycles. The van der Waals surface area contributed by atoms with Gasteiger partial charge in [0, 0.05) is 36.4 Å². The smallest absolute Gasteiger partial charge is 0.222 e. The molecule has 0 saturated carbocycles. The number of thiazole rings is 1. The van der Waals surface area contributed by atoms with E-state index in [-0.39, 0.29) is 11.8 Å². The van der Waals surface area contributed by atoms with Crippen LogP contribution in [0.4, 0.5) is 10.9 Å². The molecule has 0 spiro atoms. The number of carbonyl (C=O) groups is 1. The fourth-order valence-electron chi connectivity index (χ4n) is 2.95. The van der Waals surface area contributed by atoms with Gasteiger partial charge in [-0.15, -0.1) is 11.3 Å². The van der Waals surface area contributed by atoms with Gasteiger partial charge in [-0.1, -0.05) is 6.92 Å². The van der Waals surface area contributed by atoms with E-state index < -0.39 is 0 Å². The van der Waals surface area contributed by atoms with Crippen LogP contribution in [0.3, 0.4) is 0 Å². The Morgan fingerprint density at radius 3 is 2.79 bits per heavy atom. The van der Waals surface area contributed by atoms with E-state index in [0.717, 1.165) is 47.7 Å². The van der Waals surface area contributed by atoms with Crippen molar-refractivity contribution in [1.82, 2.24) is 19.9 Å². The van der Waals surface area contributed by atoms with Gasteiger partial charge in [0.05, 0.1) is 11.4 Å². The molecule has 0 aliphatic carbocycles. The Labute approximate surface area is 146 Å². The van der Waals surface area contributed by atoms with E-state index in [2.05, 4.69) is 27.2 Å². The zero-order valence-corrected chi connectivity index (χ0v) is 15.4. The van der Waals surface area contributed by atoms with E-state index in [1.54, 1.807) is 11.3 Å². The van der Waals surface area contributed by atoms with Crippen molar-refractivity contribution >= 4 is 28.2 Å². The first kappa shape index (κ1) is 16.8. The average molecular weight is 345 g/mol. The molecule has 6 nitrogen and oxygen atoms in total. The molecule has 0 unspecified atom stereocenters. The van der Waals surface area contributed by atoms with Crippen LogP contribution in [0, 0.1) is 20.8 Å². The number of carbonyl (C=O) groups excluding carboxylic acids is 1. The van der Waals surface area contributed by atoms with Crippen molar-refractivity contribution in [2.75, 3.05) is 18.4 Å². The van der Waals surface area contributed by atoms with Crippen LogP contribution < -0.4 is 5.32 Å². The number of aromatic nitrogens is 3. The molecule has 0 radical (unpaired) electrons. The number of amides is 1. The lowest BCUT2D eigenvalue weighted by Crippen LogP contribution is -2.27. The molecule has 1 aliphatic rings. The average Bonchev–Trinajstić information content (AvgIpc) is 3.14. The summed E-state index contributed by atoms with van der Waals surface area (Å²) in [6, 6.07) is 1.99. The highest BCUT2D eigenvalue weighted by molar-refractivity contribution is 7.15. The maximum absolute atomic E-state index is 11.9. The summed E-state index contributed by atoms with van der Waals surface area (Å²) in [5.74, 6) is 2.00. The van der Waals surface area contributed by atoms with Crippen LogP contribution in [-0.2, 0) is 4.79 Å². The minimum atomic E-state index is 0.218. The van der Waals surface area contributed by atoms with Crippen LogP contribution in [0.25, 0.3) is 0 Å². The molecule has 0 bridgehead atoms. The molecule has 1 amide bonds. The fourth-order valence-corrected chi connectivity index (χ4v) is 3.77. The summed E-state index contributed by atoms with van der Waals surface area (Å²) < 4.78 is 0. The Morgan fingerprint density at radius 1 is 1.33 bits per heavy atom. The van der Waals surface area contributed by atoms with E-state index in [1.807, 2.05) is 31.7 Å². The van der Waals surface area contributed by atoms with Crippen LogP contribution in [0.1, 0.15) is 47.8 Å². The topological polar surface area (TPSA) is 71.0 Å². The van der Waals surface area contributed by atoms with Crippen molar-refractivity contribution in [3.05, 3.63) is 28.2 Å². The van der Waals surface area contributed by atoms with E-state index >= 15 is 0 Å². The zero-order valence-electron chi connectivity index (χ0n) is 14.6. The molecular weight excluding hydrogens is 322 g/mol. The highest BCUT2D eigenvalue weighted by Crippen LogP contribution is 2.29. The maximum atomic E-state index is 11.9. The Bertz CT molecular complexity index is 738. The predicted octanol–water partition coefficient (Wildman–Crippen LogP) is 3.33. The third kappa shape index (κ3) is 3.56. The van der Waals surface area contributed by atoms with Gasteiger partial charge in [0.15, 0.2) is 5.13 Å². The quantitative estimate of drug-likeness (QED) is 0.920. The van der Waals surface area contributed by atoms with Gasteiger partial charge in [-0.3, -0.25) is 4.79 Å². The molecule has 7 heteroatoms. The van der Waals surface area contributed by atoms with Gasteiger partial charge in [-0.25, -0.2) is 15.0 Å². The number of likely N-dealkylation sites (tertiary alicyclic amines) is 1. The van der Waals surface area contributed by atoms with Crippen molar-refractivity contribution in [3.63, 3.8) is 0 Å². The second-order valence-electron chi connectivity index (χ2n) is 6.19. The first-order valence-electron chi connectivity index (χ1n) is 8.30. The van der Waals surface area contributed by atoms with Gasteiger partial charge in [-0.2, -0.15) is 0 Å². The van der Waals surface area contributed by atoms with Crippen LogP contribution in [-0.4, -0.2) is 38.8 Å². The van der Waals surface area contributed by atoms with Gasteiger partial charge in [0.1, 0.15) is 11.6 Å². The minimum absolute atomic E-state index is 0.218. The van der Waals surface area contributed by atoms with Crippen LogP contribution in [0.2, 0.25) is 0 Å². The minimum Gasteiger partial charge on any atom is -0.342 e. The lowest BCUT2D eigenvalue weighted by atomic mass is 10.0. The van der Waals surface area contributed by atoms with Crippen molar-refractivity contribution in [1.29, 1.82) is 0 Å². The third-order valence-electron chi connectivity index (χ3n) is 4.38. The first-order valence-corrected chi connectivity index (χ1v) is 9.12. The molecule has 2 aromatic rings. The van der Waals surface area contributed by atoms with Crippen LogP contribution in [0.5, 0.6) is 0 Å². The summed E-state index contributed by atoms with van der Waals surface area (Å²) in [6.45, 7) is 9.44. The van der Waals surface area contributed by atoms with Crippen LogP contribution in [0.15, 0.2) is 6.07 Å². The first-order chi connectivity index (χ1) is 11.5. The molecule has 3 rings (SSSR count). The Kier molecular flexibility index (Phi) is 4.80. The number of aryl methyl sites for hydroxylation is 3. The number of hydrogen-bond acceptors (Lipinski definition) is 6. The van der Waals surface area contributed by atoms with Gasteiger partial charge in [0.2, 0.25) is 5.91 Å². The Balaban J connectivity index is 1.78. The van der Waals surface area contributed by atoms with E-state index in [4.69, 9.17) is 0 Å². The highest BCUT2D eigenvalue weighted by Gasteiger charge is 2.28. The molecule has 2 aromatic heterocycles. The highest BCUT2D eigenvalue weighted by atomic mass is 32.1. The monoisotopic (exact) mass is 345 g/mol. The van der Waals surface area contributed by atoms with E-state index in [0.29, 0.717) is 6.42 Å². The largest absolute Gasteiger partial charge is 0.342 e. The molecule has 1 N–H and O–H groups in total. The van der Waals surface area contributed by atoms with Crippen molar-refractivity contribution < 1.29 is 4.79 Å². The molecule has 1 atom stereocenters. The molecule has 1 fully saturated rings. The summed E-state index contributed by atoms with van der Waals surface area (Å²) in [4.78, 5) is 28.6. The van der Waals surface area contributed by atoms with E-state index in [1.165, 1.54) is 4.88 Å². The summed E-state index contributed by atoms with van der Waals surface area (Å²) in [7, 11) is 0. The second kappa shape index (κ2) is 6.84. The number of hydrogen-bond donors (Lipinski definition) is 1. The zero-order chi connectivity index (χ0) is 17.3. The van der Waals surface area contributed by atoms with Gasteiger partial charge in [0.25, 0.3) is 0 Å². The maximum Gasteiger partial charge on any atom is 0.222 e. The molecule has 1 saturated heterocycles. The molecule has 1 aliphatic heterocycles.